The maximum Gasteiger partial charge on any atom is 0.341 e. The lowest BCUT2D eigenvalue weighted by Gasteiger charge is -2.09. The van der Waals surface area contributed by atoms with Gasteiger partial charge in [0.25, 0.3) is 6.43 Å². The highest BCUT2D eigenvalue weighted by molar-refractivity contribution is 9.10. The quantitative estimate of drug-likeness (QED) is 0.776. The van der Waals surface area contributed by atoms with Gasteiger partial charge in [0, 0.05) is 16.2 Å². The first kappa shape index (κ1) is 15.5. The van der Waals surface area contributed by atoms with Crippen LogP contribution in [0.2, 0.25) is 0 Å². The minimum Gasteiger partial charge on any atom is -0.462 e. The van der Waals surface area contributed by atoms with E-state index < -0.39 is 18.1 Å². The second kappa shape index (κ2) is 6.71. The maximum atomic E-state index is 13.1. The number of hydrogen-bond donors (Lipinski definition) is 0. The zero-order valence-electron chi connectivity index (χ0n) is 11.0. The van der Waals surface area contributed by atoms with E-state index in [0.717, 1.165) is 10.7 Å². The molecule has 4 nitrogen and oxygen atoms in total. The molecule has 7 heteroatoms. The van der Waals surface area contributed by atoms with Crippen molar-refractivity contribution in [1.29, 1.82) is 0 Å². The number of esters is 1. The van der Waals surface area contributed by atoms with Crippen LogP contribution in [0.3, 0.4) is 0 Å². The van der Waals surface area contributed by atoms with Crippen molar-refractivity contribution in [3.05, 3.63) is 46.2 Å². The van der Waals surface area contributed by atoms with Crippen LogP contribution < -0.4 is 0 Å². The molecule has 1 heterocycles. The van der Waals surface area contributed by atoms with E-state index in [-0.39, 0.29) is 18.0 Å². The number of aromatic nitrogens is 2. The zero-order valence-corrected chi connectivity index (χ0v) is 12.6. The SMILES string of the molecule is CCOC(=O)c1cnc(-c2cccc(Br)c2)nc1C(F)F. The Morgan fingerprint density at radius 2 is 2.19 bits per heavy atom. The Hall–Kier alpha value is -1.89. The highest BCUT2D eigenvalue weighted by Gasteiger charge is 2.22. The van der Waals surface area contributed by atoms with Crippen molar-refractivity contribution in [3.8, 4) is 11.4 Å². The molecule has 0 spiro atoms. The summed E-state index contributed by atoms with van der Waals surface area (Å²) in [7, 11) is 0. The third-order valence-corrected chi connectivity index (χ3v) is 3.10. The van der Waals surface area contributed by atoms with E-state index in [0.29, 0.717) is 5.56 Å². The van der Waals surface area contributed by atoms with Gasteiger partial charge in [-0.25, -0.2) is 23.5 Å². The summed E-state index contributed by atoms with van der Waals surface area (Å²) < 4.78 is 31.7. The number of benzene rings is 1. The van der Waals surface area contributed by atoms with E-state index in [2.05, 4.69) is 25.9 Å². The van der Waals surface area contributed by atoms with Crippen molar-refractivity contribution in [3.63, 3.8) is 0 Å². The smallest absolute Gasteiger partial charge is 0.341 e. The van der Waals surface area contributed by atoms with Gasteiger partial charge in [-0.2, -0.15) is 0 Å². The van der Waals surface area contributed by atoms with Crippen LogP contribution in [-0.2, 0) is 4.74 Å². The third-order valence-electron chi connectivity index (χ3n) is 2.60. The normalized spacial score (nSPS) is 10.7. The van der Waals surface area contributed by atoms with Crippen LogP contribution in [0.1, 0.15) is 29.4 Å². The van der Waals surface area contributed by atoms with Gasteiger partial charge in [0.05, 0.1) is 6.61 Å². The Bertz CT molecular complexity index is 665. The number of alkyl halides is 2. The lowest BCUT2D eigenvalue weighted by Crippen LogP contribution is -2.11. The van der Waals surface area contributed by atoms with Crippen LogP contribution in [0.4, 0.5) is 8.78 Å². The van der Waals surface area contributed by atoms with Gasteiger partial charge in [-0.3, -0.25) is 0 Å². The van der Waals surface area contributed by atoms with Gasteiger partial charge in [-0.05, 0) is 19.1 Å². The van der Waals surface area contributed by atoms with Crippen molar-refractivity contribution >= 4 is 21.9 Å². The second-order valence-corrected chi connectivity index (χ2v) is 4.94. The predicted molar refractivity (Wildman–Crippen MR) is 76.1 cm³/mol. The number of carbonyl (C=O) groups is 1. The largest absolute Gasteiger partial charge is 0.462 e. The summed E-state index contributed by atoms with van der Waals surface area (Å²) in [5.41, 5.74) is -0.370. The Morgan fingerprint density at radius 3 is 2.81 bits per heavy atom. The molecule has 0 saturated carbocycles. The minimum atomic E-state index is -2.89. The maximum absolute atomic E-state index is 13.1. The number of nitrogens with zero attached hydrogens (tertiary/aromatic N) is 2. The molecule has 110 valence electrons. The molecule has 1 aromatic heterocycles. The van der Waals surface area contributed by atoms with Gasteiger partial charge >= 0.3 is 5.97 Å². The van der Waals surface area contributed by atoms with Crippen molar-refractivity contribution in [2.75, 3.05) is 6.61 Å². The van der Waals surface area contributed by atoms with Crippen LogP contribution >= 0.6 is 15.9 Å². The summed E-state index contributed by atoms with van der Waals surface area (Å²) in [5, 5.41) is 0. The Morgan fingerprint density at radius 1 is 1.43 bits per heavy atom. The fourth-order valence-corrected chi connectivity index (χ4v) is 2.09. The fraction of sp³-hybridized carbons (Fsp3) is 0.214. The lowest BCUT2D eigenvalue weighted by molar-refractivity contribution is 0.0513. The van der Waals surface area contributed by atoms with E-state index in [1.165, 1.54) is 0 Å². The van der Waals surface area contributed by atoms with Gasteiger partial charge in [-0.15, -0.1) is 0 Å². The van der Waals surface area contributed by atoms with Gasteiger partial charge in [-0.1, -0.05) is 28.1 Å². The standard InChI is InChI=1S/C14H11BrF2N2O2/c1-2-21-14(20)10-7-18-13(19-11(10)12(16)17)8-4-3-5-9(15)6-8/h3-7,12H,2H2,1H3. The Kier molecular flexibility index (Phi) is 4.95. The van der Waals surface area contributed by atoms with Crippen molar-refractivity contribution in [2.45, 2.75) is 13.3 Å². The minimum absolute atomic E-state index is 0.0922. The third kappa shape index (κ3) is 3.60. The van der Waals surface area contributed by atoms with Gasteiger partial charge in [0.2, 0.25) is 0 Å². The molecular formula is C14H11BrF2N2O2. The first-order chi connectivity index (χ1) is 10.0. The first-order valence-corrected chi connectivity index (χ1v) is 6.90. The van der Waals surface area contributed by atoms with Crippen LogP contribution in [0, 0.1) is 0 Å². The molecule has 0 N–H and O–H groups in total. The van der Waals surface area contributed by atoms with Gasteiger partial charge in [0.1, 0.15) is 11.3 Å². The average Bonchev–Trinajstić information content (AvgIpc) is 2.46. The average molecular weight is 357 g/mol. The Balaban J connectivity index is 2.48. The summed E-state index contributed by atoms with van der Waals surface area (Å²) in [6.45, 7) is 1.69. The van der Waals surface area contributed by atoms with E-state index in [4.69, 9.17) is 4.74 Å². The van der Waals surface area contributed by atoms with Crippen LogP contribution in [-0.4, -0.2) is 22.5 Å². The van der Waals surface area contributed by atoms with Crippen molar-refractivity contribution in [1.82, 2.24) is 9.97 Å². The summed E-state index contributed by atoms with van der Waals surface area (Å²) in [5.74, 6) is -0.728. The van der Waals surface area contributed by atoms with Gasteiger partial charge in [0.15, 0.2) is 5.82 Å². The molecule has 0 saturated heterocycles. The molecule has 0 aliphatic carbocycles. The molecule has 0 radical (unpaired) electrons. The summed E-state index contributed by atoms with van der Waals surface area (Å²) >= 11 is 3.29. The van der Waals surface area contributed by atoms with Gasteiger partial charge < -0.3 is 4.74 Å². The molecule has 0 bridgehead atoms. The Labute approximate surface area is 128 Å². The molecule has 0 atom stereocenters. The molecule has 2 rings (SSSR count). The van der Waals surface area contributed by atoms with Crippen LogP contribution in [0.5, 0.6) is 0 Å². The van der Waals surface area contributed by atoms with Crippen LogP contribution in [0.15, 0.2) is 34.9 Å². The molecule has 0 unspecified atom stereocenters. The fourth-order valence-electron chi connectivity index (χ4n) is 1.69. The van der Waals surface area contributed by atoms with Crippen molar-refractivity contribution < 1.29 is 18.3 Å². The summed E-state index contributed by atoms with van der Waals surface area (Å²) in [4.78, 5) is 19.4. The molecular weight excluding hydrogens is 346 g/mol. The molecule has 1 aromatic carbocycles. The molecule has 0 aliphatic heterocycles. The first-order valence-electron chi connectivity index (χ1n) is 6.11. The van der Waals surface area contributed by atoms with E-state index in [9.17, 15) is 13.6 Å². The predicted octanol–water partition coefficient (Wildman–Crippen LogP) is 4.02. The molecule has 0 amide bonds. The summed E-state index contributed by atoms with van der Waals surface area (Å²) in [6, 6.07) is 6.93. The number of hydrogen-bond acceptors (Lipinski definition) is 4. The van der Waals surface area contributed by atoms with E-state index in [1.807, 2.05) is 0 Å². The number of carbonyl (C=O) groups excluding carboxylic acids is 1. The number of halogens is 3. The molecule has 2 aromatic rings. The summed E-state index contributed by atoms with van der Waals surface area (Å²) in [6.07, 6.45) is -1.82. The second-order valence-electron chi connectivity index (χ2n) is 4.02. The highest BCUT2D eigenvalue weighted by Crippen LogP contribution is 2.25. The van der Waals surface area contributed by atoms with Crippen molar-refractivity contribution in [2.24, 2.45) is 0 Å². The number of ether oxygens (including phenoxy) is 1. The topological polar surface area (TPSA) is 52.1 Å². The molecule has 0 fully saturated rings. The molecule has 21 heavy (non-hydrogen) atoms. The van der Waals surface area contributed by atoms with E-state index in [1.54, 1.807) is 31.2 Å². The number of rotatable bonds is 4. The lowest BCUT2D eigenvalue weighted by atomic mass is 10.2. The highest BCUT2D eigenvalue weighted by atomic mass is 79.9. The molecule has 0 aliphatic rings. The zero-order chi connectivity index (χ0) is 15.4. The monoisotopic (exact) mass is 356 g/mol. The van der Waals surface area contributed by atoms with Crippen LogP contribution in [0.25, 0.3) is 11.4 Å². The van der Waals surface area contributed by atoms with E-state index >= 15 is 0 Å².